The lowest BCUT2D eigenvalue weighted by Gasteiger charge is -2.19. The highest BCUT2D eigenvalue weighted by atomic mass is 31.2. The highest BCUT2D eigenvalue weighted by molar-refractivity contribution is 7.53. The van der Waals surface area contributed by atoms with E-state index >= 15 is 0 Å². The molecule has 1 aromatic rings. The molecule has 0 aromatic heterocycles. The summed E-state index contributed by atoms with van der Waals surface area (Å²) in [5.41, 5.74) is 1.29. The van der Waals surface area contributed by atoms with E-state index in [0.717, 1.165) is 5.56 Å². The molecule has 0 N–H and O–H groups in total. The average molecular weight is 396 g/mol. The second-order valence-electron chi connectivity index (χ2n) is 5.75. The molecule has 0 aliphatic carbocycles. The van der Waals surface area contributed by atoms with Crippen LogP contribution >= 0.6 is 7.60 Å². The predicted molar refractivity (Wildman–Crippen MR) is 101 cm³/mol. The van der Waals surface area contributed by atoms with Crippen molar-refractivity contribution in [3.63, 3.8) is 0 Å². The molecule has 7 nitrogen and oxygen atoms in total. The van der Waals surface area contributed by atoms with Crippen LogP contribution in [0.4, 0.5) is 0 Å². The zero-order valence-corrected chi connectivity index (χ0v) is 16.5. The van der Waals surface area contributed by atoms with E-state index in [9.17, 15) is 14.2 Å². The minimum atomic E-state index is -3.54. The first-order chi connectivity index (χ1) is 12.7. The van der Waals surface area contributed by atoms with Crippen LogP contribution in [-0.2, 0) is 38.8 Å². The van der Waals surface area contributed by atoms with Gasteiger partial charge < -0.3 is 18.5 Å². The first kappa shape index (κ1) is 22.8. The van der Waals surface area contributed by atoms with Gasteiger partial charge >= 0.3 is 19.5 Å². The molecule has 0 heterocycles. The van der Waals surface area contributed by atoms with Gasteiger partial charge in [-0.05, 0) is 19.4 Å². The fourth-order valence-corrected chi connectivity index (χ4v) is 3.42. The van der Waals surface area contributed by atoms with Gasteiger partial charge in [0, 0.05) is 11.1 Å². The summed E-state index contributed by atoms with van der Waals surface area (Å²) in [4.78, 5) is 22.7. The molecule has 8 heteroatoms. The molecule has 27 heavy (non-hydrogen) atoms. The maximum Gasteiger partial charge on any atom is 0.335 e. The average Bonchev–Trinajstić information content (AvgIpc) is 2.62. The molecule has 0 spiro atoms. The minimum absolute atomic E-state index is 0.0384. The lowest BCUT2D eigenvalue weighted by Crippen LogP contribution is -2.13. The second-order valence-corrected chi connectivity index (χ2v) is 7.81. The molecule has 0 saturated carbocycles. The van der Waals surface area contributed by atoms with Gasteiger partial charge in [0.05, 0.1) is 19.4 Å². The van der Waals surface area contributed by atoms with Crippen molar-refractivity contribution in [1.29, 1.82) is 0 Å². The third-order valence-electron chi connectivity index (χ3n) is 3.12. The predicted octanol–water partition coefficient (Wildman–Crippen LogP) is 3.65. The monoisotopic (exact) mass is 396 g/mol. The van der Waals surface area contributed by atoms with Gasteiger partial charge in [0.2, 0.25) is 0 Å². The van der Waals surface area contributed by atoms with Gasteiger partial charge in [0.25, 0.3) is 0 Å². The Hall–Kier alpha value is -2.21. The Balaban J connectivity index is 2.59. The van der Waals surface area contributed by atoms with Crippen LogP contribution < -0.4 is 0 Å². The Morgan fingerprint density at radius 2 is 1.30 bits per heavy atom. The quantitative estimate of drug-likeness (QED) is 0.231. The molecule has 0 aliphatic rings. The molecule has 0 unspecified atom stereocenters. The van der Waals surface area contributed by atoms with Crippen molar-refractivity contribution >= 4 is 19.5 Å². The van der Waals surface area contributed by atoms with Gasteiger partial charge in [-0.1, -0.05) is 43.5 Å². The van der Waals surface area contributed by atoms with E-state index in [1.165, 1.54) is 13.8 Å². The van der Waals surface area contributed by atoms with Gasteiger partial charge in [-0.3, -0.25) is 4.57 Å². The SMILES string of the molecule is C=C(C)C(=O)OCCOP(=O)(Cc1ccccc1)OCCOC(=O)C(=C)C. The number of ether oxygens (including phenoxy) is 2. The van der Waals surface area contributed by atoms with Crippen LogP contribution in [0.1, 0.15) is 19.4 Å². The standard InChI is InChI=1S/C19H25O7P/c1-15(2)18(20)23-10-12-25-27(22,14-17-8-6-5-7-9-17)26-13-11-24-19(21)16(3)4/h5-9H,1,3,10-14H2,2,4H3. The molecule has 1 rings (SSSR count). The highest BCUT2D eigenvalue weighted by Crippen LogP contribution is 2.51. The molecule has 0 aliphatic heterocycles. The number of carbonyl (C=O) groups excluding carboxylic acids is 2. The Kier molecular flexibility index (Phi) is 9.72. The molecule has 0 bridgehead atoms. The molecular formula is C19H25O7P. The van der Waals surface area contributed by atoms with Gasteiger partial charge in [-0.15, -0.1) is 0 Å². The van der Waals surface area contributed by atoms with E-state index in [1.807, 2.05) is 18.2 Å². The number of benzene rings is 1. The summed E-state index contributed by atoms with van der Waals surface area (Å²) in [6.07, 6.45) is 0.0384. The van der Waals surface area contributed by atoms with E-state index in [2.05, 4.69) is 13.2 Å². The van der Waals surface area contributed by atoms with Gasteiger partial charge in [-0.2, -0.15) is 0 Å². The summed E-state index contributed by atoms with van der Waals surface area (Å²) in [7, 11) is -3.54. The molecule has 0 radical (unpaired) electrons. The third kappa shape index (κ3) is 9.33. The van der Waals surface area contributed by atoms with E-state index < -0.39 is 19.5 Å². The second kappa shape index (κ2) is 11.5. The van der Waals surface area contributed by atoms with Crippen LogP contribution in [0.15, 0.2) is 54.6 Å². The minimum Gasteiger partial charge on any atom is -0.460 e. The largest absolute Gasteiger partial charge is 0.460 e. The van der Waals surface area contributed by atoms with Crippen LogP contribution in [0.25, 0.3) is 0 Å². The van der Waals surface area contributed by atoms with Crippen molar-refractivity contribution in [3.8, 4) is 0 Å². The van der Waals surface area contributed by atoms with Crippen molar-refractivity contribution in [2.24, 2.45) is 0 Å². The van der Waals surface area contributed by atoms with E-state index in [4.69, 9.17) is 18.5 Å². The van der Waals surface area contributed by atoms with Crippen LogP contribution in [0.2, 0.25) is 0 Å². The first-order valence-corrected chi connectivity index (χ1v) is 10.0. The fraction of sp³-hybridized carbons (Fsp3) is 0.368. The van der Waals surface area contributed by atoms with Crippen molar-refractivity contribution in [2.75, 3.05) is 26.4 Å². The first-order valence-electron chi connectivity index (χ1n) is 8.31. The summed E-state index contributed by atoms with van der Waals surface area (Å²) >= 11 is 0. The normalized spacial score (nSPS) is 10.9. The van der Waals surface area contributed by atoms with Crippen LogP contribution in [0.5, 0.6) is 0 Å². The van der Waals surface area contributed by atoms with Crippen LogP contribution in [-0.4, -0.2) is 38.4 Å². The summed E-state index contributed by atoms with van der Waals surface area (Å²) in [5, 5.41) is 0. The Morgan fingerprint density at radius 1 is 0.852 bits per heavy atom. The molecule has 0 amide bonds. The van der Waals surface area contributed by atoms with Crippen molar-refractivity contribution < 1.29 is 32.7 Å². The van der Waals surface area contributed by atoms with Crippen LogP contribution in [0.3, 0.4) is 0 Å². The molecule has 1 aromatic carbocycles. The lowest BCUT2D eigenvalue weighted by atomic mass is 10.2. The summed E-state index contributed by atoms with van der Waals surface area (Å²) in [6, 6.07) is 9.04. The van der Waals surface area contributed by atoms with Crippen LogP contribution in [0, 0.1) is 0 Å². The Labute approximate surface area is 159 Å². The lowest BCUT2D eigenvalue weighted by molar-refractivity contribution is -0.140. The van der Waals surface area contributed by atoms with E-state index in [0.29, 0.717) is 0 Å². The number of hydrogen-bond donors (Lipinski definition) is 0. The van der Waals surface area contributed by atoms with Gasteiger partial charge in [0.15, 0.2) is 0 Å². The van der Waals surface area contributed by atoms with Crippen molar-refractivity contribution in [3.05, 3.63) is 60.2 Å². The molecule has 0 atom stereocenters. The summed E-state index contributed by atoms with van der Waals surface area (Å²) in [6.45, 7) is 9.62. The maximum atomic E-state index is 13.0. The summed E-state index contributed by atoms with van der Waals surface area (Å²) in [5.74, 6) is -1.10. The number of carbonyl (C=O) groups is 2. The number of rotatable bonds is 12. The molecule has 0 saturated heterocycles. The molecule has 148 valence electrons. The zero-order chi connectivity index (χ0) is 20.3. The summed E-state index contributed by atoms with van der Waals surface area (Å²) < 4.78 is 33.6. The smallest absolute Gasteiger partial charge is 0.335 e. The van der Waals surface area contributed by atoms with Gasteiger partial charge in [0.1, 0.15) is 13.2 Å². The molecular weight excluding hydrogens is 371 g/mol. The van der Waals surface area contributed by atoms with Crippen molar-refractivity contribution in [1.82, 2.24) is 0 Å². The van der Waals surface area contributed by atoms with E-state index in [1.54, 1.807) is 12.1 Å². The Bertz CT molecular complexity index is 674. The molecule has 0 fully saturated rings. The topological polar surface area (TPSA) is 88.1 Å². The van der Waals surface area contributed by atoms with Crippen molar-refractivity contribution in [2.45, 2.75) is 20.0 Å². The maximum absolute atomic E-state index is 13.0. The highest BCUT2D eigenvalue weighted by Gasteiger charge is 2.25. The third-order valence-corrected chi connectivity index (χ3v) is 5.03. The fourth-order valence-electron chi connectivity index (χ4n) is 1.80. The zero-order valence-electron chi connectivity index (χ0n) is 15.6. The number of hydrogen-bond acceptors (Lipinski definition) is 7. The number of esters is 2. The van der Waals surface area contributed by atoms with Gasteiger partial charge in [-0.25, -0.2) is 9.59 Å². The Morgan fingerprint density at radius 3 is 1.70 bits per heavy atom. The van der Waals surface area contributed by atoms with E-state index in [-0.39, 0.29) is 43.7 Å².